The van der Waals surface area contributed by atoms with Crippen LogP contribution < -0.4 is 11.3 Å². The van der Waals surface area contributed by atoms with Gasteiger partial charge in [0.05, 0.1) is 0 Å². The molecule has 0 fully saturated rings. The molecule has 0 saturated heterocycles. The van der Waals surface area contributed by atoms with Crippen LogP contribution in [0, 0.1) is 6.92 Å². The summed E-state index contributed by atoms with van der Waals surface area (Å²) in [7, 11) is 0. The van der Waals surface area contributed by atoms with Gasteiger partial charge in [-0.3, -0.25) is 11.3 Å². The number of nitrogens with two attached hydrogens (primary N) is 1. The van der Waals surface area contributed by atoms with Crippen molar-refractivity contribution in [2.75, 3.05) is 0 Å². The van der Waals surface area contributed by atoms with Gasteiger partial charge in [-0.1, -0.05) is 39.7 Å². The highest BCUT2D eigenvalue weighted by Gasteiger charge is 2.13. The zero-order chi connectivity index (χ0) is 12.1. The minimum Gasteiger partial charge on any atom is -0.271 e. The van der Waals surface area contributed by atoms with Crippen molar-refractivity contribution in [1.29, 1.82) is 0 Å². The van der Waals surface area contributed by atoms with Crippen LogP contribution >= 0.6 is 15.9 Å². The largest absolute Gasteiger partial charge is 0.271 e. The van der Waals surface area contributed by atoms with Crippen LogP contribution in [-0.2, 0) is 0 Å². The lowest BCUT2D eigenvalue weighted by Gasteiger charge is -2.18. The van der Waals surface area contributed by atoms with Gasteiger partial charge in [0.25, 0.3) is 0 Å². The monoisotopic (exact) mass is 282 g/mol. The molecule has 0 bridgehead atoms. The fourth-order valence-corrected chi connectivity index (χ4v) is 2.20. The third-order valence-electron chi connectivity index (χ3n) is 2.66. The second-order valence-electron chi connectivity index (χ2n) is 4.19. The summed E-state index contributed by atoms with van der Waals surface area (Å²) in [4.78, 5) is 0. The van der Waals surface area contributed by atoms with Gasteiger partial charge < -0.3 is 0 Å². The summed E-state index contributed by atoms with van der Waals surface area (Å²) in [6.07, 6.45) is 1.95. The lowest BCUT2D eigenvalue weighted by atomic mass is 9.99. The summed E-state index contributed by atoms with van der Waals surface area (Å²) in [5, 5.41) is 0. The maximum atomic E-state index is 5.61. The molecule has 88 valence electrons. The van der Waals surface area contributed by atoms with Gasteiger partial charge in [0.2, 0.25) is 0 Å². The second-order valence-corrected chi connectivity index (χ2v) is 4.99. The highest BCUT2D eigenvalue weighted by atomic mass is 79.9. The molecule has 1 unspecified atom stereocenters. The minimum atomic E-state index is 0.172. The molecule has 3 N–H and O–H groups in total. The lowest BCUT2D eigenvalue weighted by molar-refractivity contribution is 0.513. The highest BCUT2D eigenvalue weighted by Crippen LogP contribution is 2.29. The zero-order valence-corrected chi connectivity index (χ0v) is 11.5. The Kier molecular flexibility index (Phi) is 5.19. The average Bonchev–Trinajstić information content (AvgIpc) is 2.24. The molecule has 0 aliphatic rings. The van der Waals surface area contributed by atoms with Gasteiger partial charge in [-0.15, -0.1) is 6.58 Å². The summed E-state index contributed by atoms with van der Waals surface area (Å²) in [6, 6.07) is 6.41. The number of nitrogens with one attached hydrogen (secondary N) is 1. The first-order chi connectivity index (χ1) is 7.56. The quantitative estimate of drug-likeness (QED) is 0.492. The summed E-state index contributed by atoms with van der Waals surface area (Å²) in [6.45, 7) is 8.04. The van der Waals surface area contributed by atoms with E-state index in [1.807, 2.05) is 6.92 Å². The fourth-order valence-electron chi connectivity index (χ4n) is 1.66. The van der Waals surface area contributed by atoms with E-state index in [0.717, 1.165) is 17.3 Å². The van der Waals surface area contributed by atoms with E-state index in [1.165, 1.54) is 16.7 Å². The van der Waals surface area contributed by atoms with E-state index in [2.05, 4.69) is 53.1 Å². The molecule has 3 heteroatoms. The van der Waals surface area contributed by atoms with Crippen LogP contribution in [0.4, 0.5) is 0 Å². The Bertz CT molecular complexity index is 374. The van der Waals surface area contributed by atoms with Crippen LogP contribution in [0.1, 0.15) is 36.9 Å². The number of hydrogen-bond acceptors (Lipinski definition) is 2. The molecule has 0 saturated carbocycles. The van der Waals surface area contributed by atoms with Crippen molar-refractivity contribution in [1.82, 2.24) is 5.43 Å². The first-order valence-corrected chi connectivity index (χ1v) is 6.21. The summed E-state index contributed by atoms with van der Waals surface area (Å²) in [5.74, 6) is 5.61. The Hall–Kier alpha value is -0.640. The SMILES string of the molecule is C=C(C)CCC(NN)c1cccc(C)c1Br. The molecule has 0 amide bonds. The van der Waals surface area contributed by atoms with E-state index in [0.29, 0.717) is 0 Å². The molecule has 1 rings (SSSR count). The molecule has 0 radical (unpaired) electrons. The fraction of sp³-hybridized carbons (Fsp3) is 0.385. The Morgan fingerprint density at radius 3 is 2.81 bits per heavy atom. The van der Waals surface area contributed by atoms with E-state index < -0.39 is 0 Å². The molecule has 0 aliphatic heterocycles. The number of benzene rings is 1. The van der Waals surface area contributed by atoms with Crippen LogP contribution in [0.5, 0.6) is 0 Å². The Morgan fingerprint density at radius 2 is 2.25 bits per heavy atom. The molecule has 2 nitrogen and oxygen atoms in total. The zero-order valence-electron chi connectivity index (χ0n) is 9.89. The number of allylic oxidation sites excluding steroid dienone is 1. The predicted molar refractivity (Wildman–Crippen MR) is 73.0 cm³/mol. The maximum Gasteiger partial charge on any atom is 0.0474 e. The van der Waals surface area contributed by atoms with E-state index in [4.69, 9.17) is 5.84 Å². The number of hydrazine groups is 1. The van der Waals surface area contributed by atoms with Crippen LogP contribution in [0.3, 0.4) is 0 Å². The first-order valence-electron chi connectivity index (χ1n) is 5.41. The van der Waals surface area contributed by atoms with Crippen molar-refractivity contribution < 1.29 is 0 Å². The standard InChI is InChI=1S/C13H19BrN2/c1-9(2)7-8-12(16-15)11-6-4-5-10(3)13(11)14/h4-6,12,16H,1,7-8,15H2,2-3H3. The molecule has 1 atom stereocenters. The number of rotatable bonds is 5. The minimum absolute atomic E-state index is 0.172. The molecule has 1 aromatic carbocycles. The number of halogens is 1. The van der Waals surface area contributed by atoms with Crippen LogP contribution in [-0.4, -0.2) is 0 Å². The first kappa shape index (κ1) is 13.4. The molecule has 0 heterocycles. The van der Waals surface area contributed by atoms with Crippen LogP contribution in [0.15, 0.2) is 34.8 Å². The molecule has 0 spiro atoms. The topological polar surface area (TPSA) is 38.0 Å². The van der Waals surface area contributed by atoms with Gasteiger partial charge in [-0.05, 0) is 37.8 Å². The average molecular weight is 283 g/mol. The second kappa shape index (κ2) is 6.18. The predicted octanol–water partition coefficient (Wildman–Crippen LogP) is 3.62. The van der Waals surface area contributed by atoms with E-state index in [9.17, 15) is 0 Å². The van der Waals surface area contributed by atoms with Crippen molar-refractivity contribution >= 4 is 15.9 Å². The van der Waals surface area contributed by atoms with Crippen molar-refractivity contribution in [2.45, 2.75) is 32.7 Å². The Balaban J connectivity index is 2.86. The van der Waals surface area contributed by atoms with Crippen molar-refractivity contribution in [3.05, 3.63) is 46.0 Å². The normalized spacial score (nSPS) is 12.5. The third kappa shape index (κ3) is 3.44. The van der Waals surface area contributed by atoms with Crippen molar-refractivity contribution in [2.24, 2.45) is 5.84 Å². The smallest absolute Gasteiger partial charge is 0.0474 e. The molecule has 16 heavy (non-hydrogen) atoms. The van der Waals surface area contributed by atoms with E-state index >= 15 is 0 Å². The van der Waals surface area contributed by atoms with Crippen molar-refractivity contribution in [3.63, 3.8) is 0 Å². The van der Waals surface area contributed by atoms with E-state index in [-0.39, 0.29) is 6.04 Å². The summed E-state index contributed by atoms with van der Waals surface area (Å²) >= 11 is 3.61. The molecular formula is C13H19BrN2. The Morgan fingerprint density at radius 1 is 1.56 bits per heavy atom. The van der Waals surface area contributed by atoms with Gasteiger partial charge in [0.1, 0.15) is 0 Å². The van der Waals surface area contributed by atoms with Gasteiger partial charge >= 0.3 is 0 Å². The molecule has 0 aromatic heterocycles. The number of aryl methyl sites for hydroxylation is 1. The maximum absolute atomic E-state index is 5.61. The van der Waals surface area contributed by atoms with Crippen LogP contribution in [0.2, 0.25) is 0 Å². The summed E-state index contributed by atoms with van der Waals surface area (Å²) in [5.41, 5.74) is 6.50. The summed E-state index contributed by atoms with van der Waals surface area (Å²) < 4.78 is 1.14. The molecule has 0 aliphatic carbocycles. The third-order valence-corrected chi connectivity index (χ3v) is 3.74. The van der Waals surface area contributed by atoms with Crippen LogP contribution in [0.25, 0.3) is 0 Å². The van der Waals surface area contributed by atoms with E-state index in [1.54, 1.807) is 0 Å². The lowest BCUT2D eigenvalue weighted by Crippen LogP contribution is -2.28. The van der Waals surface area contributed by atoms with Gasteiger partial charge in [0.15, 0.2) is 0 Å². The molecule has 1 aromatic rings. The van der Waals surface area contributed by atoms with Gasteiger partial charge in [-0.25, -0.2) is 0 Å². The van der Waals surface area contributed by atoms with Gasteiger partial charge in [0, 0.05) is 10.5 Å². The molecular weight excluding hydrogens is 264 g/mol. The highest BCUT2D eigenvalue weighted by molar-refractivity contribution is 9.10. The Labute approximate surface area is 106 Å². The van der Waals surface area contributed by atoms with Crippen molar-refractivity contribution in [3.8, 4) is 0 Å². The van der Waals surface area contributed by atoms with Gasteiger partial charge in [-0.2, -0.15) is 0 Å². The number of hydrogen-bond donors (Lipinski definition) is 2.